The molecule has 2 aromatic carbocycles. The second kappa shape index (κ2) is 3.20. The van der Waals surface area contributed by atoms with Gasteiger partial charge in [0.1, 0.15) is 0 Å². The van der Waals surface area contributed by atoms with E-state index in [0.717, 1.165) is 27.2 Å². The molecule has 0 aliphatic rings. The molecule has 78 valence electrons. The number of pyridine rings is 1. The maximum atomic E-state index is 11.7. The van der Waals surface area contributed by atoms with Crippen molar-refractivity contribution in [2.75, 3.05) is 0 Å². The highest BCUT2D eigenvalue weighted by atomic mass is 16.1. The number of aromatic nitrogens is 1. The minimum absolute atomic E-state index is 0.0842. The fourth-order valence-corrected chi connectivity index (χ4v) is 2.09. The predicted molar refractivity (Wildman–Crippen MR) is 66.8 cm³/mol. The van der Waals surface area contributed by atoms with Crippen LogP contribution in [0.3, 0.4) is 0 Å². The van der Waals surface area contributed by atoms with Crippen molar-refractivity contribution in [3.05, 3.63) is 58.4 Å². The molecule has 3 aromatic rings. The summed E-state index contributed by atoms with van der Waals surface area (Å²) in [5.41, 5.74) is 2.31. The first-order valence-electron chi connectivity index (χ1n) is 5.26. The topological polar surface area (TPSA) is 32.9 Å². The molecule has 2 nitrogen and oxygen atoms in total. The summed E-state index contributed by atoms with van der Waals surface area (Å²) in [5, 5.41) is 2.91. The van der Waals surface area contributed by atoms with Crippen LogP contribution in [0.4, 0.5) is 0 Å². The van der Waals surface area contributed by atoms with E-state index >= 15 is 0 Å². The zero-order valence-electron chi connectivity index (χ0n) is 8.95. The normalized spacial score (nSPS) is 11.1. The summed E-state index contributed by atoms with van der Waals surface area (Å²) in [4.78, 5) is 14.9. The highest BCUT2D eigenvalue weighted by molar-refractivity contribution is 6.06. The number of rotatable bonds is 0. The van der Waals surface area contributed by atoms with Gasteiger partial charge in [-0.3, -0.25) is 4.79 Å². The Balaban J connectivity index is 2.63. The Morgan fingerprint density at radius 2 is 1.88 bits per heavy atom. The van der Waals surface area contributed by atoms with E-state index in [2.05, 4.69) is 11.1 Å². The summed E-state index contributed by atoms with van der Waals surface area (Å²) in [6.07, 6.45) is 1.97. The van der Waals surface area contributed by atoms with E-state index < -0.39 is 0 Å². The van der Waals surface area contributed by atoms with Gasteiger partial charge < -0.3 is 4.98 Å². The summed E-state index contributed by atoms with van der Waals surface area (Å²) in [6.45, 7) is 2.04. The summed E-state index contributed by atoms with van der Waals surface area (Å²) in [5.74, 6) is 0. The van der Waals surface area contributed by atoms with Gasteiger partial charge in [-0.05, 0) is 42.1 Å². The first-order chi connectivity index (χ1) is 7.75. The molecule has 0 saturated heterocycles. The van der Waals surface area contributed by atoms with Crippen LogP contribution in [0.15, 0.2) is 47.4 Å². The van der Waals surface area contributed by atoms with Gasteiger partial charge in [0.25, 0.3) is 0 Å². The molecule has 1 aromatic heterocycles. The van der Waals surface area contributed by atoms with E-state index in [1.54, 1.807) is 6.07 Å². The van der Waals surface area contributed by atoms with Gasteiger partial charge in [-0.25, -0.2) is 0 Å². The number of H-pyrrole nitrogens is 1. The molecule has 3 rings (SSSR count). The van der Waals surface area contributed by atoms with Crippen LogP contribution in [0, 0.1) is 6.92 Å². The van der Waals surface area contributed by atoms with Crippen LogP contribution in [0.25, 0.3) is 21.7 Å². The molecule has 0 amide bonds. The maximum Gasteiger partial charge on any atom is 0.186 e. The lowest BCUT2D eigenvalue weighted by atomic mass is 10.0. The average molecular weight is 209 g/mol. The zero-order valence-corrected chi connectivity index (χ0v) is 8.95. The molecule has 0 aliphatic heterocycles. The molecule has 0 unspecified atom stereocenters. The Morgan fingerprint density at radius 1 is 1.00 bits per heavy atom. The van der Waals surface area contributed by atoms with E-state index in [1.165, 1.54) is 0 Å². The second-order valence-electron chi connectivity index (χ2n) is 4.06. The largest absolute Gasteiger partial charge is 0.361 e. The molecule has 0 spiro atoms. The molecule has 2 heteroatoms. The molecule has 0 atom stereocenters. The van der Waals surface area contributed by atoms with Crippen LogP contribution in [-0.4, -0.2) is 4.98 Å². The van der Waals surface area contributed by atoms with Gasteiger partial charge in [-0.1, -0.05) is 12.1 Å². The van der Waals surface area contributed by atoms with Crippen LogP contribution < -0.4 is 5.43 Å². The van der Waals surface area contributed by atoms with Crippen molar-refractivity contribution in [3.8, 4) is 0 Å². The number of fused-ring (bicyclic) bond motifs is 3. The van der Waals surface area contributed by atoms with Gasteiger partial charge in [-0.2, -0.15) is 0 Å². The van der Waals surface area contributed by atoms with Gasteiger partial charge in [0.15, 0.2) is 5.43 Å². The summed E-state index contributed by atoms with van der Waals surface area (Å²) < 4.78 is 0. The van der Waals surface area contributed by atoms with Crippen molar-refractivity contribution in [2.45, 2.75) is 6.92 Å². The first-order valence-corrected chi connectivity index (χ1v) is 5.26. The number of nitrogens with one attached hydrogen (secondary N) is 1. The fourth-order valence-electron chi connectivity index (χ4n) is 2.09. The first kappa shape index (κ1) is 9.16. The lowest BCUT2D eigenvalue weighted by Crippen LogP contribution is -1.98. The Kier molecular flexibility index (Phi) is 1.83. The lowest BCUT2D eigenvalue weighted by Gasteiger charge is -2.04. The highest BCUT2D eigenvalue weighted by Gasteiger charge is 2.02. The molecule has 16 heavy (non-hydrogen) atoms. The van der Waals surface area contributed by atoms with E-state index in [1.807, 2.05) is 37.4 Å². The average Bonchev–Trinajstić information content (AvgIpc) is 2.29. The van der Waals surface area contributed by atoms with Gasteiger partial charge in [0.2, 0.25) is 0 Å². The smallest absolute Gasteiger partial charge is 0.186 e. The van der Waals surface area contributed by atoms with E-state index in [0.29, 0.717) is 0 Å². The minimum Gasteiger partial charge on any atom is -0.361 e. The molecule has 0 radical (unpaired) electrons. The van der Waals surface area contributed by atoms with E-state index in [4.69, 9.17) is 0 Å². The van der Waals surface area contributed by atoms with Crippen molar-refractivity contribution < 1.29 is 0 Å². The van der Waals surface area contributed by atoms with E-state index in [-0.39, 0.29) is 5.43 Å². The Hall–Kier alpha value is -2.09. The molecule has 1 heterocycles. The van der Waals surface area contributed by atoms with Crippen LogP contribution in [0.2, 0.25) is 0 Å². The third-order valence-electron chi connectivity index (χ3n) is 2.89. The maximum absolute atomic E-state index is 11.7. The van der Waals surface area contributed by atoms with Gasteiger partial charge >= 0.3 is 0 Å². The van der Waals surface area contributed by atoms with Gasteiger partial charge in [0.05, 0.1) is 0 Å². The Bertz CT molecular complexity index is 740. The summed E-state index contributed by atoms with van der Waals surface area (Å²) in [6, 6.07) is 11.4. The number of hydrogen-bond donors (Lipinski definition) is 1. The SMILES string of the molecule is Cc1c[nH]c2ccc3c(=O)cccc3c2c1. The zero-order chi connectivity index (χ0) is 11.1. The molecular formula is C14H11NO. The van der Waals surface area contributed by atoms with Crippen LogP contribution in [0.1, 0.15) is 5.56 Å². The van der Waals surface area contributed by atoms with Crippen molar-refractivity contribution in [2.24, 2.45) is 0 Å². The Morgan fingerprint density at radius 3 is 2.75 bits per heavy atom. The standard InChI is InChI=1S/C14H11NO/c1-9-7-12-10-3-2-4-14(16)11(10)5-6-13(12)15-8-9/h2-8,15H,1H3. The lowest BCUT2D eigenvalue weighted by molar-refractivity contribution is 1.34. The van der Waals surface area contributed by atoms with Gasteiger partial charge in [0, 0.05) is 22.5 Å². The third kappa shape index (κ3) is 1.23. The molecule has 0 saturated carbocycles. The molecule has 0 aliphatic carbocycles. The summed E-state index contributed by atoms with van der Waals surface area (Å²) >= 11 is 0. The third-order valence-corrected chi connectivity index (χ3v) is 2.89. The fraction of sp³-hybridized carbons (Fsp3) is 0.0714. The number of aryl methyl sites for hydroxylation is 1. The quantitative estimate of drug-likeness (QED) is 0.567. The number of benzene rings is 2. The van der Waals surface area contributed by atoms with Crippen molar-refractivity contribution in [1.82, 2.24) is 4.98 Å². The Labute approximate surface area is 92.5 Å². The van der Waals surface area contributed by atoms with Crippen LogP contribution in [-0.2, 0) is 0 Å². The molecular weight excluding hydrogens is 198 g/mol. The van der Waals surface area contributed by atoms with Gasteiger partial charge in [-0.15, -0.1) is 0 Å². The molecule has 0 fully saturated rings. The summed E-state index contributed by atoms with van der Waals surface area (Å²) in [7, 11) is 0. The van der Waals surface area contributed by atoms with E-state index in [9.17, 15) is 4.79 Å². The van der Waals surface area contributed by atoms with Crippen molar-refractivity contribution >= 4 is 21.7 Å². The highest BCUT2D eigenvalue weighted by Crippen LogP contribution is 2.22. The monoisotopic (exact) mass is 209 g/mol. The number of hydrogen-bond acceptors (Lipinski definition) is 1. The van der Waals surface area contributed by atoms with Crippen molar-refractivity contribution in [3.63, 3.8) is 0 Å². The molecule has 1 N–H and O–H groups in total. The second-order valence-corrected chi connectivity index (χ2v) is 4.06. The van der Waals surface area contributed by atoms with Crippen LogP contribution in [0.5, 0.6) is 0 Å². The number of aromatic amines is 1. The van der Waals surface area contributed by atoms with Crippen LogP contribution >= 0.6 is 0 Å². The van der Waals surface area contributed by atoms with Crippen molar-refractivity contribution in [1.29, 1.82) is 0 Å². The molecule has 0 bridgehead atoms. The predicted octanol–water partition coefficient (Wildman–Crippen LogP) is 2.99. The minimum atomic E-state index is 0.0842.